The van der Waals surface area contributed by atoms with E-state index in [9.17, 15) is 4.79 Å². The maximum absolute atomic E-state index is 11.9. The number of hydrogen-bond donors (Lipinski definition) is 2. The fourth-order valence-electron chi connectivity index (χ4n) is 4.34. The summed E-state index contributed by atoms with van der Waals surface area (Å²) in [5.74, 6) is 0.339. The Kier molecular flexibility index (Phi) is 3.34. The molecule has 5 heteroatoms. The number of piperidine rings is 1. The predicted octanol–water partition coefficient (Wildman–Crippen LogP) is 1.68. The molecule has 2 aliphatic heterocycles. The van der Waals surface area contributed by atoms with E-state index in [2.05, 4.69) is 34.9 Å². The van der Waals surface area contributed by atoms with Crippen molar-refractivity contribution in [1.29, 1.82) is 0 Å². The van der Waals surface area contributed by atoms with Crippen LogP contribution < -0.4 is 16.1 Å². The molecule has 5 nitrogen and oxygen atoms in total. The molecule has 2 fully saturated rings. The molecule has 3 heterocycles. The van der Waals surface area contributed by atoms with Crippen LogP contribution in [-0.4, -0.2) is 36.3 Å². The molecule has 0 radical (unpaired) electrons. The van der Waals surface area contributed by atoms with Gasteiger partial charge in [0.1, 0.15) is 0 Å². The van der Waals surface area contributed by atoms with Crippen molar-refractivity contribution >= 4 is 16.8 Å². The lowest BCUT2D eigenvalue weighted by Gasteiger charge is -2.24. The molecule has 0 aliphatic carbocycles. The van der Waals surface area contributed by atoms with Gasteiger partial charge in [-0.15, -0.1) is 0 Å². The standard InChI is InChI=1S/C18H24N4O/c1-11-12(2)22(17-14(11)6-3-7-15(17)18(19)23)21-9-13-5-4-8-20-16(13)10-21/h3,6-7,13,16,20H,4-5,8-10H2,1-2H3,(H2,19,23). The van der Waals surface area contributed by atoms with Crippen LogP contribution in [0.2, 0.25) is 0 Å². The second-order valence-corrected chi connectivity index (χ2v) is 6.92. The van der Waals surface area contributed by atoms with Crippen molar-refractivity contribution in [2.24, 2.45) is 11.7 Å². The molecule has 0 saturated carbocycles. The number of carbonyl (C=O) groups is 1. The quantitative estimate of drug-likeness (QED) is 0.887. The first kappa shape index (κ1) is 14.6. The van der Waals surface area contributed by atoms with E-state index in [0.717, 1.165) is 30.5 Å². The number of carbonyl (C=O) groups excluding carboxylic acids is 1. The number of rotatable bonds is 2. The van der Waals surface area contributed by atoms with Gasteiger partial charge < -0.3 is 16.1 Å². The Balaban J connectivity index is 1.86. The van der Waals surface area contributed by atoms with Crippen molar-refractivity contribution < 1.29 is 4.79 Å². The number of fused-ring (bicyclic) bond motifs is 2. The minimum absolute atomic E-state index is 0.357. The smallest absolute Gasteiger partial charge is 0.250 e. The third-order valence-electron chi connectivity index (χ3n) is 5.64. The molecule has 0 bridgehead atoms. The predicted molar refractivity (Wildman–Crippen MR) is 92.4 cm³/mol. The lowest BCUT2D eigenvalue weighted by molar-refractivity contribution is 0.100. The van der Waals surface area contributed by atoms with Gasteiger partial charge in [0.05, 0.1) is 17.6 Å². The van der Waals surface area contributed by atoms with E-state index in [4.69, 9.17) is 5.73 Å². The summed E-state index contributed by atoms with van der Waals surface area (Å²) in [7, 11) is 0. The summed E-state index contributed by atoms with van der Waals surface area (Å²) < 4.78 is 2.24. The van der Waals surface area contributed by atoms with Gasteiger partial charge >= 0.3 is 0 Å². The van der Waals surface area contributed by atoms with Crippen LogP contribution in [0.25, 0.3) is 10.9 Å². The summed E-state index contributed by atoms with van der Waals surface area (Å²) in [4.78, 5) is 11.9. The molecule has 2 saturated heterocycles. The van der Waals surface area contributed by atoms with Gasteiger partial charge in [0.15, 0.2) is 0 Å². The van der Waals surface area contributed by atoms with E-state index in [0.29, 0.717) is 17.5 Å². The van der Waals surface area contributed by atoms with Gasteiger partial charge in [0.25, 0.3) is 5.91 Å². The topological polar surface area (TPSA) is 63.3 Å². The maximum Gasteiger partial charge on any atom is 0.250 e. The second kappa shape index (κ2) is 5.27. The molecular weight excluding hydrogens is 288 g/mol. The number of para-hydroxylation sites is 1. The molecule has 2 unspecified atom stereocenters. The monoisotopic (exact) mass is 312 g/mol. The minimum Gasteiger partial charge on any atom is -0.366 e. The fraction of sp³-hybridized carbons (Fsp3) is 0.500. The van der Waals surface area contributed by atoms with Gasteiger partial charge in [-0.05, 0) is 50.8 Å². The highest BCUT2D eigenvalue weighted by atomic mass is 16.1. The van der Waals surface area contributed by atoms with E-state index in [1.807, 2.05) is 12.1 Å². The highest BCUT2D eigenvalue weighted by Crippen LogP contribution is 2.31. The van der Waals surface area contributed by atoms with E-state index < -0.39 is 0 Å². The number of nitrogens with zero attached hydrogens (tertiary/aromatic N) is 2. The first-order valence-electron chi connectivity index (χ1n) is 8.47. The molecular formula is C18H24N4O. The van der Waals surface area contributed by atoms with Crippen LogP contribution in [0.3, 0.4) is 0 Å². The number of aryl methyl sites for hydroxylation is 1. The molecule has 1 aromatic heterocycles. The molecule has 1 aromatic carbocycles. The molecule has 4 rings (SSSR count). The maximum atomic E-state index is 11.9. The second-order valence-electron chi connectivity index (χ2n) is 6.92. The highest BCUT2D eigenvalue weighted by molar-refractivity contribution is 6.06. The van der Waals surface area contributed by atoms with Gasteiger partial charge in [-0.1, -0.05) is 12.1 Å². The molecule has 2 aliphatic rings. The molecule has 23 heavy (non-hydrogen) atoms. The van der Waals surface area contributed by atoms with Gasteiger partial charge in [-0.25, -0.2) is 0 Å². The normalized spacial score (nSPS) is 24.2. The van der Waals surface area contributed by atoms with E-state index in [-0.39, 0.29) is 5.91 Å². The van der Waals surface area contributed by atoms with Crippen molar-refractivity contribution in [3.8, 4) is 0 Å². The number of nitrogens with two attached hydrogens (primary N) is 1. The molecule has 0 spiro atoms. The number of benzene rings is 1. The summed E-state index contributed by atoms with van der Waals surface area (Å²) >= 11 is 0. The Morgan fingerprint density at radius 2 is 2.13 bits per heavy atom. The van der Waals surface area contributed by atoms with Crippen molar-refractivity contribution in [3.63, 3.8) is 0 Å². The number of aromatic nitrogens is 1. The summed E-state index contributed by atoms with van der Waals surface area (Å²) in [5.41, 5.74) is 9.65. The van der Waals surface area contributed by atoms with E-state index in [1.165, 1.54) is 24.1 Å². The number of nitrogens with one attached hydrogen (secondary N) is 1. The number of primary amides is 1. The fourth-order valence-corrected chi connectivity index (χ4v) is 4.34. The zero-order chi connectivity index (χ0) is 16.1. The molecule has 2 aromatic rings. The molecule has 3 N–H and O–H groups in total. The third kappa shape index (κ3) is 2.14. The Hall–Kier alpha value is -2.01. The van der Waals surface area contributed by atoms with Crippen LogP contribution in [0.1, 0.15) is 34.5 Å². The van der Waals surface area contributed by atoms with Crippen LogP contribution in [0.4, 0.5) is 0 Å². The Morgan fingerprint density at radius 1 is 1.30 bits per heavy atom. The van der Waals surface area contributed by atoms with Gasteiger partial charge in [0.2, 0.25) is 0 Å². The van der Waals surface area contributed by atoms with Crippen LogP contribution in [0.15, 0.2) is 18.2 Å². The highest BCUT2D eigenvalue weighted by Gasteiger charge is 2.36. The zero-order valence-electron chi connectivity index (χ0n) is 13.8. The van der Waals surface area contributed by atoms with Crippen LogP contribution in [-0.2, 0) is 0 Å². The number of hydrogen-bond acceptors (Lipinski definition) is 3. The van der Waals surface area contributed by atoms with E-state index >= 15 is 0 Å². The number of amides is 1. The summed E-state index contributed by atoms with van der Waals surface area (Å²) in [6.07, 6.45) is 2.54. The van der Waals surface area contributed by atoms with Crippen molar-refractivity contribution in [3.05, 3.63) is 35.0 Å². The molecule has 122 valence electrons. The van der Waals surface area contributed by atoms with Crippen molar-refractivity contribution in [2.75, 3.05) is 24.6 Å². The van der Waals surface area contributed by atoms with Gasteiger partial charge in [0, 0.05) is 23.7 Å². The Labute approximate surface area is 136 Å². The Morgan fingerprint density at radius 3 is 2.87 bits per heavy atom. The lowest BCUT2D eigenvalue weighted by Crippen LogP contribution is -2.41. The van der Waals surface area contributed by atoms with Crippen LogP contribution in [0, 0.1) is 19.8 Å². The summed E-state index contributed by atoms with van der Waals surface area (Å²) in [5, 5.41) is 7.17. The van der Waals surface area contributed by atoms with Gasteiger partial charge in [-0.3, -0.25) is 9.47 Å². The average molecular weight is 312 g/mol. The first-order valence-corrected chi connectivity index (χ1v) is 8.47. The van der Waals surface area contributed by atoms with E-state index in [1.54, 1.807) is 0 Å². The summed E-state index contributed by atoms with van der Waals surface area (Å²) in [6.45, 7) is 7.40. The minimum atomic E-state index is -0.357. The molecule has 2 atom stereocenters. The average Bonchev–Trinajstić information content (AvgIpc) is 3.07. The first-order chi connectivity index (χ1) is 11.1. The third-order valence-corrected chi connectivity index (χ3v) is 5.64. The van der Waals surface area contributed by atoms with Crippen molar-refractivity contribution in [2.45, 2.75) is 32.7 Å². The summed E-state index contributed by atoms with van der Waals surface area (Å²) in [6, 6.07) is 6.40. The van der Waals surface area contributed by atoms with Crippen LogP contribution >= 0.6 is 0 Å². The van der Waals surface area contributed by atoms with Crippen molar-refractivity contribution in [1.82, 2.24) is 9.99 Å². The largest absolute Gasteiger partial charge is 0.366 e. The van der Waals surface area contributed by atoms with Crippen LogP contribution in [0.5, 0.6) is 0 Å². The SMILES string of the molecule is Cc1c(C)n(N2CC3CCCNC3C2)c2c(C(N)=O)cccc12. The Bertz CT molecular complexity index is 765. The lowest BCUT2D eigenvalue weighted by atomic mass is 9.94. The molecule has 1 amide bonds. The van der Waals surface area contributed by atoms with Gasteiger partial charge in [-0.2, -0.15) is 0 Å². The zero-order valence-corrected chi connectivity index (χ0v) is 13.8.